The first-order valence-corrected chi connectivity index (χ1v) is 11.9. The largest absolute Gasteiger partial charge is 0.401 e. The minimum Gasteiger partial charge on any atom is -0.380 e. The maximum atomic E-state index is 13.3. The van der Waals surface area contributed by atoms with Crippen LogP contribution in [-0.4, -0.2) is 53.0 Å². The van der Waals surface area contributed by atoms with E-state index in [-0.39, 0.29) is 18.1 Å². The van der Waals surface area contributed by atoms with Gasteiger partial charge in [0, 0.05) is 25.3 Å². The summed E-state index contributed by atoms with van der Waals surface area (Å²) in [4.78, 5) is 26.5. The highest BCUT2D eigenvalue weighted by atomic mass is 19.4. The number of carbonyl (C=O) groups excluding carboxylic acids is 2. The van der Waals surface area contributed by atoms with Crippen LogP contribution >= 0.6 is 0 Å². The molecule has 2 unspecified atom stereocenters. The van der Waals surface area contributed by atoms with Crippen molar-refractivity contribution in [3.63, 3.8) is 0 Å². The molecule has 0 bridgehead atoms. The zero-order valence-electron chi connectivity index (χ0n) is 21.2. The second-order valence-electron chi connectivity index (χ2n) is 9.20. The lowest BCUT2D eigenvalue weighted by Crippen LogP contribution is -2.47. The smallest absolute Gasteiger partial charge is 0.380 e. The van der Waals surface area contributed by atoms with Gasteiger partial charge in [-0.05, 0) is 42.7 Å². The predicted molar refractivity (Wildman–Crippen MR) is 135 cm³/mol. The van der Waals surface area contributed by atoms with Crippen molar-refractivity contribution in [2.24, 2.45) is 5.73 Å². The third kappa shape index (κ3) is 5.81. The summed E-state index contributed by atoms with van der Waals surface area (Å²) in [5, 5.41) is 9.80. The number of nitrogens with zero attached hydrogens (tertiary/aromatic N) is 3. The van der Waals surface area contributed by atoms with Crippen molar-refractivity contribution < 1.29 is 27.5 Å². The summed E-state index contributed by atoms with van der Waals surface area (Å²) in [7, 11) is 1.55. The number of nitrogens with two attached hydrogens (primary N) is 1. The Morgan fingerprint density at radius 1 is 1.16 bits per heavy atom. The average molecular weight is 531 g/mol. The molecule has 0 saturated carbocycles. The Morgan fingerprint density at radius 3 is 2.50 bits per heavy atom. The fraction of sp³-hybridized carbons (Fsp3) is 0.346. The molecule has 0 radical (unpaired) electrons. The quantitative estimate of drug-likeness (QED) is 0.423. The van der Waals surface area contributed by atoms with Crippen LogP contribution in [0.4, 0.5) is 23.8 Å². The highest BCUT2D eigenvalue weighted by Crippen LogP contribution is 2.37. The van der Waals surface area contributed by atoms with Crippen LogP contribution in [0, 0.1) is 6.92 Å². The Labute approximate surface area is 217 Å². The number of para-hydroxylation sites is 1. The number of alkyl halides is 3. The van der Waals surface area contributed by atoms with Crippen LogP contribution in [0.25, 0.3) is 5.69 Å². The summed E-state index contributed by atoms with van der Waals surface area (Å²) in [6.07, 6.45) is -4.40. The molecular weight excluding hydrogens is 501 g/mol. The van der Waals surface area contributed by atoms with Crippen molar-refractivity contribution in [1.29, 1.82) is 0 Å². The van der Waals surface area contributed by atoms with Gasteiger partial charge in [-0.15, -0.1) is 0 Å². The van der Waals surface area contributed by atoms with Gasteiger partial charge in [-0.1, -0.05) is 36.4 Å². The fourth-order valence-corrected chi connectivity index (χ4v) is 4.74. The first kappa shape index (κ1) is 27.1. The van der Waals surface area contributed by atoms with Gasteiger partial charge in [0.1, 0.15) is 5.82 Å². The molecule has 38 heavy (non-hydrogen) atoms. The van der Waals surface area contributed by atoms with E-state index in [1.54, 1.807) is 63.4 Å². The van der Waals surface area contributed by atoms with Crippen molar-refractivity contribution in [1.82, 2.24) is 20.0 Å². The molecule has 3 aromatic rings. The second-order valence-corrected chi connectivity index (χ2v) is 9.20. The standard InChI is InChI=1S/C26H29F3N6O3/c1-15-22(23(30)36)33-35(18-7-5-4-6-8-18)24(15)32-25(37)31-21-12-34(14-26(27,28)29)16(2)19-10-9-17(13-38-3)11-20(19)21/h4-11,16,21H,12-14H2,1-3H3,(H2,30,36)(H2,31,32,37). The molecule has 9 nitrogen and oxygen atoms in total. The Balaban J connectivity index is 1.66. The number of halogens is 3. The van der Waals surface area contributed by atoms with Gasteiger partial charge in [0.15, 0.2) is 5.69 Å². The van der Waals surface area contributed by atoms with Gasteiger partial charge in [0.25, 0.3) is 5.91 Å². The van der Waals surface area contributed by atoms with Crippen LogP contribution in [0.5, 0.6) is 0 Å². The number of hydrogen-bond donors (Lipinski definition) is 3. The van der Waals surface area contributed by atoms with Crippen molar-refractivity contribution >= 4 is 17.8 Å². The Kier molecular flexibility index (Phi) is 7.74. The topological polar surface area (TPSA) is 115 Å². The maximum absolute atomic E-state index is 13.3. The van der Waals surface area contributed by atoms with Crippen LogP contribution in [0.2, 0.25) is 0 Å². The van der Waals surface area contributed by atoms with Crippen LogP contribution in [0.1, 0.15) is 51.7 Å². The number of amides is 3. The number of benzene rings is 2. The Hall–Kier alpha value is -3.90. The van der Waals surface area contributed by atoms with E-state index >= 15 is 0 Å². The van der Waals surface area contributed by atoms with Crippen molar-refractivity contribution in [3.8, 4) is 5.69 Å². The number of ether oxygens (including phenoxy) is 1. The number of anilines is 1. The highest BCUT2D eigenvalue weighted by molar-refractivity contribution is 5.96. The molecule has 1 aromatic heterocycles. The van der Waals surface area contributed by atoms with E-state index < -0.39 is 36.7 Å². The number of rotatable bonds is 7. The fourth-order valence-electron chi connectivity index (χ4n) is 4.74. The highest BCUT2D eigenvalue weighted by Gasteiger charge is 2.38. The minimum absolute atomic E-state index is 0.0125. The van der Waals surface area contributed by atoms with E-state index in [9.17, 15) is 22.8 Å². The van der Waals surface area contributed by atoms with Gasteiger partial charge in [-0.25, -0.2) is 9.48 Å². The van der Waals surface area contributed by atoms with Crippen molar-refractivity contribution in [2.75, 3.05) is 25.5 Å². The summed E-state index contributed by atoms with van der Waals surface area (Å²) in [6.45, 7) is 2.46. The van der Waals surface area contributed by atoms with E-state index in [1.807, 2.05) is 6.07 Å². The number of aromatic nitrogens is 2. The van der Waals surface area contributed by atoms with Gasteiger partial charge < -0.3 is 15.8 Å². The predicted octanol–water partition coefficient (Wildman–Crippen LogP) is 4.23. The van der Waals surface area contributed by atoms with Gasteiger partial charge in [0.2, 0.25) is 0 Å². The normalized spacial score (nSPS) is 17.6. The van der Waals surface area contributed by atoms with Crippen molar-refractivity contribution in [3.05, 3.63) is 76.5 Å². The molecule has 1 aliphatic heterocycles. The zero-order valence-corrected chi connectivity index (χ0v) is 21.2. The lowest BCUT2D eigenvalue weighted by atomic mass is 9.88. The molecular formula is C26H29F3N6O3. The first-order valence-electron chi connectivity index (χ1n) is 11.9. The molecule has 202 valence electrons. The molecule has 3 amide bonds. The molecule has 2 aromatic carbocycles. The molecule has 0 aliphatic carbocycles. The molecule has 0 fully saturated rings. The summed E-state index contributed by atoms with van der Waals surface area (Å²) in [5.74, 6) is -0.545. The summed E-state index contributed by atoms with van der Waals surface area (Å²) in [6, 6.07) is 12.3. The lowest BCUT2D eigenvalue weighted by molar-refractivity contribution is -0.152. The molecule has 2 atom stereocenters. The first-order chi connectivity index (χ1) is 18.0. The van der Waals surface area contributed by atoms with E-state index in [1.165, 1.54) is 9.58 Å². The summed E-state index contributed by atoms with van der Waals surface area (Å²) in [5.41, 5.74) is 8.63. The zero-order chi connectivity index (χ0) is 27.6. The molecule has 1 aliphatic rings. The number of methoxy groups -OCH3 is 1. The number of urea groups is 1. The number of hydrogen-bond acceptors (Lipinski definition) is 5. The molecule has 2 heterocycles. The number of fused-ring (bicyclic) bond motifs is 1. The molecule has 4 rings (SSSR count). The van der Waals surface area contributed by atoms with E-state index in [2.05, 4.69) is 15.7 Å². The Bertz CT molecular complexity index is 1330. The van der Waals surface area contributed by atoms with Crippen LogP contribution in [-0.2, 0) is 11.3 Å². The molecule has 4 N–H and O–H groups in total. The average Bonchev–Trinajstić information content (AvgIpc) is 3.18. The SMILES string of the molecule is COCc1ccc2c(c1)C(NC(=O)Nc1c(C)c(C(N)=O)nn1-c1ccccc1)CN(CC(F)(F)F)C2C. The van der Waals surface area contributed by atoms with Gasteiger partial charge in [0.05, 0.1) is 24.9 Å². The van der Waals surface area contributed by atoms with E-state index in [4.69, 9.17) is 10.5 Å². The van der Waals surface area contributed by atoms with Gasteiger partial charge in [-0.2, -0.15) is 18.3 Å². The van der Waals surface area contributed by atoms with Crippen LogP contribution in [0.3, 0.4) is 0 Å². The summed E-state index contributed by atoms with van der Waals surface area (Å²) >= 11 is 0. The Morgan fingerprint density at radius 2 is 1.87 bits per heavy atom. The lowest BCUT2D eigenvalue weighted by Gasteiger charge is -2.40. The molecule has 12 heteroatoms. The van der Waals surface area contributed by atoms with E-state index in [0.29, 0.717) is 29.0 Å². The molecule has 0 spiro atoms. The monoisotopic (exact) mass is 530 g/mol. The van der Waals surface area contributed by atoms with Crippen LogP contribution in [0.15, 0.2) is 48.5 Å². The minimum atomic E-state index is -4.40. The third-order valence-electron chi connectivity index (χ3n) is 6.53. The number of primary amides is 1. The van der Waals surface area contributed by atoms with E-state index in [0.717, 1.165) is 5.56 Å². The van der Waals surface area contributed by atoms with Gasteiger partial charge >= 0.3 is 12.2 Å². The number of carbonyl (C=O) groups is 2. The maximum Gasteiger partial charge on any atom is 0.401 e. The van der Waals surface area contributed by atoms with Crippen LogP contribution < -0.4 is 16.4 Å². The molecule has 0 saturated heterocycles. The summed E-state index contributed by atoms with van der Waals surface area (Å²) < 4.78 is 46.6. The third-order valence-corrected chi connectivity index (χ3v) is 6.53. The number of nitrogens with one attached hydrogen (secondary N) is 2. The second kappa shape index (κ2) is 10.8. The van der Waals surface area contributed by atoms with Crippen molar-refractivity contribution in [2.45, 2.75) is 38.7 Å². The van der Waals surface area contributed by atoms with Gasteiger partial charge in [-0.3, -0.25) is 15.0 Å².